The molecule has 1 fully saturated rings. The van der Waals surface area contributed by atoms with Gasteiger partial charge in [0.05, 0.1) is 6.10 Å². The molecule has 14 heavy (non-hydrogen) atoms. The van der Waals surface area contributed by atoms with Gasteiger partial charge in [-0.25, -0.2) is 0 Å². The Kier molecular flexibility index (Phi) is 2.60. The van der Waals surface area contributed by atoms with Crippen LogP contribution in [0.4, 0.5) is 0 Å². The average Bonchev–Trinajstić information content (AvgIpc) is 2.52. The van der Waals surface area contributed by atoms with E-state index in [-0.39, 0.29) is 6.10 Å². The summed E-state index contributed by atoms with van der Waals surface area (Å²) in [6.07, 6.45) is 3.17. The van der Waals surface area contributed by atoms with Crippen molar-refractivity contribution < 1.29 is 5.11 Å². The highest BCUT2D eigenvalue weighted by atomic mass is 16.3. The molecule has 2 rings (SSSR count). The zero-order valence-electron chi connectivity index (χ0n) is 8.96. The second-order valence-electron chi connectivity index (χ2n) is 4.46. The normalized spacial score (nSPS) is 26.8. The van der Waals surface area contributed by atoms with Crippen molar-refractivity contribution in [2.75, 3.05) is 0 Å². The Hall–Kier alpha value is -0.820. The lowest BCUT2D eigenvalue weighted by Gasteiger charge is -2.17. The lowest BCUT2D eigenvalue weighted by molar-refractivity contribution is 0.163. The number of hydrogen-bond acceptors (Lipinski definition) is 1. The van der Waals surface area contributed by atoms with Crippen LogP contribution in [0.5, 0.6) is 0 Å². The molecule has 1 saturated carbocycles. The third-order valence-electron chi connectivity index (χ3n) is 3.30. The smallest absolute Gasteiger partial charge is 0.0608 e. The molecule has 0 aromatic heterocycles. The predicted molar refractivity (Wildman–Crippen MR) is 58.5 cm³/mol. The first-order valence-electron chi connectivity index (χ1n) is 5.43. The van der Waals surface area contributed by atoms with Crippen molar-refractivity contribution in [1.82, 2.24) is 0 Å². The maximum Gasteiger partial charge on any atom is 0.0608 e. The van der Waals surface area contributed by atoms with Crippen LogP contribution in [0.1, 0.15) is 41.9 Å². The minimum atomic E-state index is -0.114. The van der Waals surface area contributed by atoms with Crippen LogP contribution in [0, 0.1) is 13.8 Å². The van der Waals surface area contributed by atoms with Crippen LogP contribution >= 0.6 is 0 Å². The van der Waals surface area contributed by atoms with Crippen LogP contribution in [0.3, 0.4) is 0 Å². The first-order valence-corrected chi connectivity index (χ1v) is 5.43. The van der Waals surface area contributed by atoms with Crippen LogP contribution < -0.4 is 0 Å². The fourth-order valence-corrected chi connectivity index (χ4v) is 2.54. The van der Waals surface area contributed by atoms with Gasteiger partial charge < -0.3 is 5.11 Å². The molecular formula is C13H18O. The Morgan fingerprint density at radius 3 is 2.57 bits per heavy atom. The topological polar surface area (TPSA) is 20.2 Å². The largest absolute Gasteiger partial charge is 0.392 e. The molecule has 0 saturated heterocycles. The van der Waals surface area contributed by atoms with E-state index in [9.17, 15) is 5.11 Å². The van der Waals surface area contributed by atoms with E-state index in [1.165, 1.54) is 23.1 Å². The van der Waals surface area contributed by atoms with Crippen LogP contribution in [0.2, 0.25) is 0 Å². The summed E-state index contributed by atoms with van der Waals surface area (Å²) >= 11 is 0. The highest BCUT2D eigenvalue weighted by Gasteiger charge is 2.27. The number of rotatable bonds is 1. The van der Waals surface area contributed by atoms with E-state index < -0.39 is 0 Å². The van der Waals surface area contributed by atoms with Crippen LogP contribution in [0.25, 0.3) is 0 Å². The van der Waals surface area contributed by atoms with Gasteiger partial charge >= 0.3 is 0 Å². The zero-order valence-corrected chi connectivity index (χ0v) is 8.96. The number of aliphatic hydroxyl groups is 1. The van der Waals surface area contributed by atoms with Crippen LogP contribution in [0.15, 0.2) is 18.2 Å². The molecule has 0 heterocycles. The molecule has 1 aromatic carbocycles. The van der Waals surface area contributed by atoms with E-state index in [1.54, 1.807) is 0 Å². The lowest BCUT2D eigenvalue weighted by Crippen LogP contribution is -2.12. The summed E-state index contributed by atoms with van der Waals surface area (Å²) in [6.45, 7) is 4.26. The van der Waals surface area contributed by atoms with Gasteiger partial charge in [0.15, 0.2) is 0 Å². The second-order valence-corrected chi connectivity index (χ2v) is 4.46. The first kappa shape index (κ1) is 9.72. The van der Waals surface area contributed by atoms with E-state index in [4.69, 9.17) is 0 Å². The van der Waals surface area contributed by atoms with Gasteiger partial charge in [-0.05, 0) is 37.8 Å². The standard InChI is InChI=1S/C13H18O/c1-9-6-7-11(10(2)8-9)12-4-3-5-13(12)14/h6-8,12-14H,3-5H2,1-2H3. The Morgan fingerprint density at radius 2 is 2.00 bits per heavy atom. The van der Waals surface area contributed by atoms with Gasteiger partial charge in [0.2, 0.25) is 0 Å². The van der Waals surface area contributed by atoms with Gasteiger partial charge in [0.1, 0.15) is 0 Å². The van der Waals surface area contributed by atoms with E-state index in [2.05, 4.69) is 32.0 Å². The summed E-state index contributed by atoms with van der Waals surface area (Å²) in [7, 11) is 0. The summed E-state index contributed by atoms with van der Waals surface area (Å²) in [5.74, 6) is 0.385. The summed E-state index contributed by atoms with van der Waals surface area (Å²) in [4.78, 5) is 0. The van der Waals surface area contributed by atoms with Crippen molar-refractivity contribution in [2.45, 2.75) is 45.1 Å². The molecule has 1 nitrogen and oxygen atoms in total. The molecule has 0 aliphatic heterocycles. The SMILES string of the molecule is Cc1ccc(C2CCCC2O)c(C)c1. The molecular weight excluding hydrogens is 172 g/mol. The molecule has 0 radical (unpaired) electrons. The van der Waals surface area contributed by atoms with Crippen LogP contribution in [-0.4, -0.2) is 11.2 Å². The minimum Gasteiger partial charge on any atom is -0.392 e. The van der Waals surface area contributed by atoms with Gasteiger partial charge in [-0.15, -0.1) is 0 Å². The average molecular weight is 190 g/mol. The maximum atomic E-state index is 9.84. The van der Waals surface area contributed by atoms with Gasteiger partial charge in [0.25, 0.3) is 0 Å². The lowest BCUT2D eigenvalue weighted by atomic mass is 9.91. The van der Waals surface area contributed by atoms with Crippen molar-refractivity contribution in [2.24, 2.45) is 0 Å². The van der Waals surface area contributed by atoms with Crippen molar-refractivity contribution in [3.8, 4) is 0 Å². The summed E-state index contributed by atoms with van der Waals surface area (Å²) < 4.78 is 0. The molecule has 2 atom stereocenters. The number of aliphatic hydroxyl groups excluding tert-OH is 1. The second kappa shape index (κ2) is 3.74. The number of aryl methyl sites for hydroxylation is 2. The molecule has 1 aromatic rings. The van der Waals surface area contributed by atoms with Crippen molar-refractivity contribution in [1.29, 1.82) is 0 Å². The van der Waals surface area contributed by atoms with Crippen molar-refractivity contribution >= 4 is 0 Å². The van der Waals surface area contributed by atoms with Gasteiger partial charge in [0, 0.05) is 5.92 Å². The first-order chi connectivity index (χ1) is 6.68. The number of benzene rings is 1. The molecule has 1 heteroatoms. The highest BCUT2D eigenvalue weighted by Crippen LogP contribution is 2.36. The minimum absolute atomic E-state index is 0.114. The molecule has 1 aliphatic rings. The molecule has 2 unspecified atom stereocenters. The van der Waals surface area contributed by atoms with Gasteiger partial charge in [-0.3, -0.25) is 0 Å². The van der Waals surface area contributed by atoms with Crippen molar-refractivity contribution in [3.05, 3.63) is 34.9 Å². The predicted octanol–water partition coefficient (Wildman–Crippen LogP) is 2.93. The Morgan fingerprint density at radius 1 is 1.21 bits per heavy atom. The zero-order chi connectivity index (χ0) is 10.1. The summed E-state index contributed by atoms with van der Waals surface area (Å²) in [5, 5.41) is 9.84. The number of hydrogen-bond donors (Lipinski definition) is 1. The molecule has 1 aliphatic carbocycles. The van der Waals surface area contributed by atoms with E-state index in [0.717, 1.165) is 12.8 Å². The molecule has 0 bridgehead atoms. The fraction of sp³-hybridized carbons (Fsp3) is 0.538. The maximum absolute atomic E-state index is 9.84. The molecule has 1 N–H and O–H groups in total. The summed E-state index contributed by atoms with van der Waals surface area (Å²) in [6, 6.07) is 6.54. The highest BCUT2D eigenvalue weighted by molar-refractivity contribution is 5.34. The molecule has 0 amide bonds. The van der Waals surface area contributed by atoms with Crippen LogP contribution in [-0.2, 0) is 0 Å². The monoisotopic (exact) mass is 190 g/mol. The third kappa shape index (κ3) is 1.69. The quantitative estimate of drug-likeness (QED) is 0.722. The Labute approximate surface area is 85.8 Å². The van der Waals surface area contributed by atoms with Gasteiger partial charge in [-0.2, -0.15) is 0 Å². The van der Waals surface area contributed by atoms with E-state index in [0.29, 0.717) is 5.92 Å². The third-order valence-corrected chi connectivity index (χ3v) is 3.30. The fourth-order valence-electron chi connectivity index (χ4n) is 2.54. The summed E-state index contributed by atoms with van der Waals surface area (Å²) in [5.41, 5.74) is 3.98. The van der Waals surface area contributed by atoms with Crippen molar-refractivity contribution in [3.63, 3.8) is 0 Å². The Bertz CT molecular complexity index is 330. The van der Waals surface area contributed by atoms with Gasteiger partial charge in [-0.1, -0.05) is 30.2 Å². The molecule has 76 valence electrons. The molecule has 0 spiro atoms. The van der Waals surface area contributed by atoms with E-state index in [1.807, 2.05) is 0 Å². The Balaban J connectivity index is 2.31. The van der Waals surface area contributed by atoms with E-state index >= 15 is 0 Å².